The maximum Gasteiger partial charge on any atom is 0.272 e. The van der Waals surface area contributed by atoms with Gasteiger partial charge in [-0.15, -0.1) is 0 Å². The topological polar surface area (TPSA) is 70.6 Å². The van der Waals surface area contributed by atoms with Gasteiger partial charge in [-0.2, -0.15) is 0 Å². The molecule has 0 aliphatic carbocycles. The molecular weight excluding hydrogens is 342 g/mol. The second-order valence-electron chi connectivity index (χ2n) is 6.99. The fourth-order valence-corrected chi connectivity index (χ4v) is 3.52. The summed E-state index contributed by atoms with van der Waals surface area (Å²) in [7, 11) is 0. The zero-order valence-electron chi connectivity index (χ0n) is 15.6. The van der Waals surface area contributed by atoms with E-state index in [2.05, 4.69) is 32.3 Å². The molecule has 2 aromatic rings. The molecule has 142 valence electrons. The largest absolute Gasteiger partial charge is 0.378 e. The molecule has 1 N–H and O–H groups in total. The molecule has 0 radical (unpaired) electrons. The Balaban J connectivity index is 1.48. The van der Waals surface area contributed by atoms with Crippen LogP contribution in [0.2, 0.25) is 0 Å². The summed E-state index contributed by atoms with van der Waals surface area (Å²) in [5, 5.41) is 3.22. The summed E-state index contributed by atoms with van der Waals surface area (Å²) >= 11 is 0. The number of carbonyl (C=O) groups is 1. The zero-order valence-corrected chi connectivity index (χ0v) is 15.6. The number of aromatic nitrogens is 2. The minimum Gasteiger partial charge on any atom is -0.378 e. The van der Waals surface area contributed by atoms with Crippen LogP contribution in [-0.2, 0) is 4.74 Å². The number of hydrogen-bond acceptors (Lipinski definition) is 6. The standard InChI is InChI=1S/C20H25N5O2/c1-15-14-18(19(26)25-10-12-27-13-11-25)23-20(21-15)22-16-4-6-17(7-5-16)24-8-2-3-9-24/h4-7,14H,2-3,8-13H2,1H3,(H,21,22,23). The van der Waals surface area contributed by atoms with Gasteiger partial charge in [-0.05, 0) is 50.1 Å². The van der Waals surface area contributed by atoms with Crippen molar-refractivity contribution in [1.82, 2.24) is 14.9 Å². The van der Waals surface area contributed by atoms with Crippen LogP contribution in [0.1, 0.15) is 29.0 Å². The van der Waals surface area contributed by atoms with Crippen LogP contribution in [0, 0.1) is 6.92 Å². The lowest BCUT2D eigenvalue weighted by Gasteiger charge is -2.26. The van der Waals surface area contributed by atoms with Crippen LogP contribution in [0.25, 0.3) is 0 Å². The smallest absolute Gasteiger partial charge is 0.272 e. The van der Waals surface area contributed by atoms with E-state index in [1.54, 1.807) is 11.0 Å². The van der Waals surface area contributed by atoms with Crippen molar-refractivity contribution in [3.05, 3.63) is 41.7 Å². The summed E-state index contributed by atoms with van der Waals surface area (Å²) in [6.45, 7) is 6.47. The zero-order chi connectivity index (χ0) is 18.6. The maximum absolute atomic E-state index is 12.7. The van der Waals surface area contributed by atoms with Crippen molar-refractivity contribution in [1.29, 1.82) is 0 Å². The number of anilines is 3. The molecule has 2 aliphatic heterocycles. The quantitative estimate of drug-likeness (QED) is 0.896. The van der Waals surface area contributed by atoms with Gasteiger partial charge in [-0.3, -0.25) is 4.79 Å². The summed E-state index contributed by atoms with van der Waals surface area (Å²) in [5.41, 5.74) is 3.33. The number of nitrogens with zero attached hydrogens (tertiary/aromatic N) is 4. The third-order valence-electron chi connectivity index (χ3n) is 4.97. The number of carbonyl (C=O) groups excluding carboxylic acids is 1. The van der Waals surface area contributed by atoms with E-state index in [0.29, 0.717) is 37.9 Å². The lowest BCUT2D eigenvalue weighted by molar-refractivity contribution is 0.0299. The molecule has 0 saturated carbocycles. The molecule has 2 aliphatic rings. The molecule has 7 nitrogen and oxygen atoms in total. The molecule has 1 aromatic carbocycles. The number of morpholine rings is 1. The Bertz CT molecular complexity index is 797. The van der Waals surface area contributed by atoms with Crippen molar-refractivity contribution < 1.29 is 9.53 Å². The Kier molecular flexibility index (Phi) is 5.20. The fraction of sp³-hybridized carbons (Fsp3) is 0.450. The van der Waals surface area contributed by atoms with Gasteiger partial charge in [0.1, 0.15) is 5.69 Å². The van der Waals surface area contributed by atoms with Crippen molar-refractivity contribution >= 4 is 23.2 Å². The Labute approximate surface area is 159 Å². The number of rotatable bonds is 4. The summed E-state index contributed by atoms with van der Waals surface area (Å²) in [6.07, 6.45) is 2.52. The molecule has 0 bridgehead atoms. The predicted molar refractivity (Wildman–Crippen MR) is 105 cm³/mol. The van der Waals surface area contributed by atoms with Crippen LogP contribution < -0.4 is 10.2 Å². The third kappa shape index (κ3) is 4.19. The predicted octanol–water partition coefficient (Wildman–Crippen LogP) is 2.60. The van der Waals surface area contributed by atoms with Crippen LogP contribution >= 0.6 is 0 Å². The SMILES string of the molecule is Cc1cc(C(=O)N2CCOCC2)nc(Nc2ccc(N3CCCC3)cc2)n1. The van der Waals surface area contributed by atoms with Crippen LogP contribution in [-0.4, -0.2) is 60.2 Å². The molecule has 2 fully saturated rings. The van der Waals surface area contributed by atoms with Crippen molar-refractivity contribution in [3.63, 3.8) is 0 Å². The highest BCUT2D eigenvalue weighted by Gasteiger charge is 2.21. The molecule has 4 rings (SSSR count). The molecule has 7 heteroatoms. The first-order valence-corrected chi connectivity index (χ1v) is 9.54. The van der Waals surface area contributed by atoms with Gasteiger partial charge in [-0.1, -0.05) is 0 Å². The van der Waals surface area contributed by atoms with E-state index in [9.17, 15) is 4.79 Å². The van der Waals surface area contributed by atoms with Crippen LogP contribution in [0.15, 0.2) is 30.3 Å². The molecule has 0 atom stereocenters. The van der Waals surface area contributed by atoms with Crippen molar-refractivity contribution in [2.75, 3.05) is 49.6 Å². The average molecular weight is 367 g/mol. The summed E-state index contributed by atoms with van der Waals surface area (Å²) in [6, 6.07) is 10.0. The highest BCUT2D eigenvalue weighted by atomic mass is 16.5. The van der Waals surface area contributed by atoms with Gasteiger partial charge in [0.05, 0.1) is 13.2 Å². The van der Waals surface area contributed by atoms with E-state index < -0.39 is 0 Å². The number of benzene rings is 1. The molecule has 0 spiro atoms. The van der Waals surface area contributed by atoms with Crippen LogP contribution in [0.5, 0.6) is 0 Å². The second-order valence-corrected chi connectivity index (χ2v) is 6.99. The lowest BCUT2D eigenvalue weighted by atomic mass is 10.2. The summed E-state index contributed by atoms with van der Waals surface area (Å²) in [4.78, 5) is 25.7. The molecule has 2 saturated heterocycles. The van der Waals surface area contributed by atoms with Crippen molar-refractivity contribution in [2.24, 2.45) is 0 Å². The van der Waals surface area contributed by atoms with Gasteiger partial charge in [0.2, 0.25) is 5.95 Å². The van der Waals surface area contributed by atoms with Gasteiger partial charge in [0.25, 0.3) is 5.91 Å². The molecule has 3 heterocycles. The fourth-order valence-electron chi connectivity index (χ4n) is 3.52. The Morgan fingerprint density at radius 3 is 2.44 bits per heavy atom. The molecule has 27 heavy (non-hydrogen) atoms. The monoisotopic (exact) mass is 367 g/mol. The van der Waals surface area contributed by atoms with Crippen LogP contribution in [0.3, 0.4) is 0 Å². The Morgan fingerprint density at radius 2 is 1.74 bits per heavy atom. The van der Waals surface area contributed by atoms with Gasteiger partial charge < -0.3 is 19.9 Å². The minimum atomic E-state index is -0.0729. The normalized spacial score (nSPS) is 17.2. The highest BCUT2D eigenvalue weighted by molar-refractivity contribution is 5.92. The average Bonchev–Trinajstić information content (AvgIpc) is 3.23. The minimum absolute atomic E-state index is 0.0729. The van der Waals surface area contributed by atoms with Gasteiger partial charge >= 0.3 is 0 Å². The molecular formula is C20H25N5O2. The van der Waals surface area contributed by atoms with Gasteiger partial charge in [0.15, 0.2) is 0 Å². The van der Waals surface area contributed by atoms with Crippen molar-refractivity contribution in [3.8, 4) is 0 Å². The number of aryl methyl sites for hydroxylation is 1. The third-order valence-corrected chi connectivity index (χ3v) is 4.97. The summed E-state index contributed by atoms with van der Waals surface area (Å²) in [5.74, 6) is 0.372. The van der Waals surface area contributed by atoms with Crippen LogP contribution in [0.4, 0.5) is 17.3 Å². The number of ether oxygens (including phenoxy) is 1. The first-order chi connectivity index (χ1) is 13.2. The van der Waals surface area contributed by atoms with E-state index >= 15 is 0 Å². The van der Waals surface area contributed by atoms with E-state index in [1.165, 1.54) is 18.5 Å². The van der Waals surface area contributed by atoms with E-state index in [-0.39, 0.29) is 5.91 Å². The first-order valence-electron chi connectivity index (χ1n) is 9.54. The highest BCUT2D eigenvalue weighted by Crippen LogP contribution is 2.23. The van der Waals surface area contributed by atoms with E-state index in [0.717, 1.165) is 24.5 Å². The second kappa shape index (κ2) is 7.92. The Hall–Kier alpha value is -2.67. The van der Waals surface area contributed by atoms with E-state index in [1.807, 2.05) is 19.1 Å². The molecule has 1 amide bonds. The summed E-state index contributed by atoms with van der Waals surface area (Å²) < 4.78 is 5.32. The Morgan fingerprint density at radius 1 is 1.04 bits per heavy atom. The van der Waals surface area contributed by atoms with E-state index in [4.69, 9.17) is 4.74 Å². The van der Waals surface area contributed by atoms with Gasteiger partial charge in [0, 0.05) is 43.2 Å². The first kappa shape index (κ1) is 17.7. The number of amides is 1. The molecule has 0 unspecified atom stereocenters. The lowest BCUT2D eigenvalue weighted by Crippen LogP contribution is -2.41. The number of nitrogens with one attached hydrogen (secondary N) is 1. The molecule has 1 aromatic heterocycles. The maximum atomic E-state index is 12.7. The van der Waals surface area contributed by atoms with Gasteiger partial charge in [-0.25, -0.2) is 9.97 Å². The number of hydrogen-bond donors (Lipinski definition) is 1. The van der Waals surface area contributed by atoms with Crippen molar-refractivity contribution in [2.45, 2.75) is 19.8 Å².